The molecule has 29 heavy (non-hydrogen) atoms. The van der Waals surface area contributed by atoms with Crippen LogP contribution in [0.2, 0.25) is 0 Å². The normalized spacial score (nSPS) is 11.2. The molecule has 0 spiro atoms. The molecule has 0 aliphatic rings. The van der Waals surface area contributed by atoms with E-state index in [0.29, 0.717) is 29.0 Å². The summed E-state index contributed by atoms with van der Waals surface area (Å²) in [6, 6.07) is 4.73. The van der Waals surface area contributed by atoms with E-state index in [1.54, 1.807) is 12.1 Å². The highest BCUT2D eigenvalue weighted by molar-refractivity contribution is 5.94. The maximum atomic E-state index is 13.9. The summed E-state index contributed by atoms with van der Waals surface area (Å²) in [5.41, 5.74) is 1.68. The Hall–Kier alpha value is -3.30. The van der Waals surface area contributed by atoms with E-state index >= 15 is 0 Å². The van der Waals surface area contributed by atoms with Gasteiger partial charge in [-0.15, -0.1) is 0 Å². The van der Waals surface area contributed by atoms with Crippen LogP contribution in [-0.4, -0.2) is 29.2 Å². The third kappa shape index (κ3) is 3.96. The van der Waals surface area contributed by atoms with Crippen LogP contribution in [0.15, 0.2) is 24.3 Å². The van der Waals surface area contributed by atoms with Crippen molar-refractivity contribution in [3.05, 3.63) is 52.9 Å². The monoisotopic (exact) mass is 411 g/mol. The lowest BCUT2D eigenvalue weighted by Crippen LogP contribution is -2.24. The standard InChI is InChI=1S/C19H17F4N3O3/c1-9-25-14-4-5-15(28-3)11(16(14)26(9)2)8-24-18(27)10-6-12(20)17(13(21)7-10)29-19(22)23/h4-7,19H,8H2,1-3H3,(H,24,27). The van der Waals surface area contributed by atoms with Crippen LogP contribution in [0, 0.1) is 18.6 Å². The Morgan fingerprint density at radius 1 is 1.24 bits per heavy atom. The summed E-state index contributed by atoms with van der Waals surface area (Å²) in [5, 5.41) is 2.55. The van der Waals surface area contributed by atoms with Crippen LogP contribution in [-0.2, 0) is 13.6 Å². The third-order valence-corrected chi connectivity index (χ3v) is 4.43. The molecular weight excluding hydrogens is 394 g/mol. The average Bonchev–Trinajstić information content (AvgIpc) is 2.96. The largest absolute Gasteiger partial charge is 0.496 e. The van der Waals surface area contributed by atoms with Gasteiger partial charge >= 0.3 is 6.61 Å². The number of carbonyl (C=O) groups excluding carboxylic acids is 1. The molecule has 3 aromatic rings. The van der Waals surface area contributed by atoms with Crippen molar-refractivity contribution in [3.63, 3.8) is 0 Å². The minimum absolute atomic E-state index is 0.0170. The van der Waals surface area contributed by atoms with Crippen molar-refractivity contribution < 1.29 is 31.8 Å². The summed E-state index contributed by atoms with van der Waals surface area (Å²) in [6.45, 7) is -1.59. The lowest BCUT2D eigenvalue weighted by molar-refractivity contribution is -0.0546. The summed E-state index contributed by atoms with van der Waals surface area (Å²) in [5.74, 6) is -3.61. The van der Waals surface area contributed by atoms with Gasteiger partial charge in [0, 0.05) is 24.7 Å². The van der Waals surface area contributed by atoms with Crippen molar-refractivity contribution in [2.45, 2.75) is 20.1 Å². The molecule has 3 rings (SSSR count). The third-order valence-electron chi connectivity index (χ3n) is 4.43. The molecule has 0 saturated carbocycles. The molecular formula is C19H17F4N3O3. The van der Waals surface area contributed by atoms with Gasteiger partial charge in [-0.05, 0) is 31.2 Å². The number of fused-ring (bicyclic) bond motifs is 1. The Balaban J connectivity index is 1.88. The van der Waals surface area contributed by atoms with Gasteiger partial charge in [0.2, 0.25) is 0 Å². The molecule has 2 aromatic carbocycles. The number of aryl methyl sites for hydroxylation is 2. The van der Waals surface area contributed by atoms with E-state index in [4.69, 9.17) is 4.74 Å². The first-order valence-electron chi connectivity index (χ1n) is 8.43. The zero-order valence-corrected chi connectivity index (χ0v) is 15.7. The first-order valence-corrected chi connectivity index (χ1v) is 8.43. The van der Waals surface area contributed by atoms with Crippen LogP contribution < -0.4 is 14.8 Å². The van der Waals surface area contributed by atoms with E-state index in [9.17, 15) is 22.4 Å². The van der Waals surface area contributed by atoms with Gasteiger partial charge in [0.25, 0.3) is 5.91 Å². The van der Waals surface area contributed by atoms with Gasteiger partial charge in [-0.2, -0.15) is 8.78 Å². The van der Waals surface area contributed by atoms with E-state index in [-0.39, 0.29) is 12.1 Å². The van der Waals surface area contributed by atoms with Crippen molar-refractivity contribution >= 4 is 16.9 Å². The number of methoxy groups -OCH3 is 1. The van der Waals surface area contributed by atoms with Crippen LogP contribution >= 0.6 is 0 Å². The van der Waals surface area contributed by atoms with Crippen molar-refractivity contribution in [2.75, 3.05) is 7.11 Å². The second kappa shape index (κ2) is 7.98. The summed E-state index contributed by atoms with van der Waals surface area (Å²) >= 11 is 0. The Kier molecular flexibility index (Phi) is 5.62. The van der Waals surface area contributed by atoms with E-state index < -0.39 is 29.9 Å². The highest BCUT2D eigenvalue weighted by Gasteiger charge is 2.20. The summed E-state index contributed by atoms with van der Waals surface area (Å²) in [4.78, 5) is 16.8. The zero-order chi connectivity index (χ0) is 21.3. The number of rotatable bonds is 6. The topological polar surface area (TPSA) is 65.4 Å². The number of ether oxygens (including phenoxy) is 2. The highest BCUT2D eigenvalue weighted by Crippen LogP contribution is 2.29. The molecule has 1 aromatic heterocycles. The molecule has 0 aliphatic heterocycles. The zero-order valence-electron chi connectivity index (χ0n) is 15.7. The molecule has 0 saturated heterocycles. The van der Waals surface area contributed by atoms with Crippen molar-refractivity contribution in [3.8, 4) is 11.5 Å². The average molecular weight is 411 g/mol. The van der Waals surface area contributed by atoms with Crippen LogP contribution in [0.25, 0.3) is 11.0 Å². The first kappa shape index (κ1) is 20.4. The molecule has 0 atom stereocenters. The summed E-state index contributed by atoms with van der Waals surface area (Å²) < 4.78 is 63.2. The fourth-order valence-electron chi connectivity index (χ4n) is 3.01. The van der Waals surface area contributed by atoms with E-state index in [2.05, 4.69) is 15.0 Å². The minimum Gasteiger partial charge on any atom is -0.496 e. The minimum atomic E-state index is -3.39. The fraction of sp³-hybridized carbons (Fsp3) is 0.263. The number of amides is 1. The van der Waals surface area contributed by atoms with Crippen LogP contribution in [0.5, 0.6) is 11.5 Å². The van der Waals surface area contributed by atoms with Gasteiger partial charge in [-0.3, -0.25) is 4.79 Å². The molecule has 0 fully saturated rings. The van der Waals surface area contributed by atoms with Crippen LogP contribution in [0.1, 0.15) is 21.7 Å². The molecule has 0 aliphatic carbocycles. The predicted octanol–water partition coefficient (Wildman–Crippen LogP) is 3.70. The predicted molar refractivity (Wildman–Crippen MR) is 96.2 cm³/mol. The Morgan fingerprint density at radius 2 is 1.90 bits per heavy atom. The van der Waals surface area contributed by atoms with Gasteiger partial charge < -0.3 is 19.4 Å². The number of nitrogens with one attached hydrogen (secondary N) is 1. The van der Waals surface area contributed by atoms with E-state index in [1.165, 1.54) is 7.11 Å². The van der Waals surface area contributed by atoms with Gasteiger partial charge in [0.15, 0.2) is 17.4 Å². The lowest BCUT2D eigenvalue weighted by Gasteiger charge is -2.13. The number of halogens is 4. The quantitative estimate of drug-likeness (QED) is 0.629. The molecule has 10 heteroatoms. The molecule has 0 unspecified atom stereocenters. The molecule has 6 nitrogen and oxygen atoms in total. The maximum Gasteiger partial charge on any atom is 0.387 e. The van der Waals surface area contributed by atoms with Crippen LogP contribution in [0.4, 0.5) is 17.6 Å². The van der Waals surface area contributed by atoms with E-state index in [0.717, 1.165) is 11.3 Å². The first-order chi connectivity index (χ1) is 13.7. The molecule has 1 N–H and O–H groups in total. The molecule has 0 radical (unpaired) electrons. The van der Waals surface area contributed by atoms with Gasteiger partial charge in [0.1, 0.15) is 11.6 Å². The Bertz CT molecular complexity index is 1060. The molecule has 1 amide bonds. The Morgan fingerprint density at radius 3 is 2.48 bits per heavy atom. The summed E-state index contributed by atoms with van der Waals surface area (Å²) in [7, 11) is 3.28. The van der Waals surface area contributed by atoms with Crippen molar-refractivity contribution in [2.24, 2.45) is 7.05 Å². The fourth-order valence-corrected chi connectivity index (χ4v) is 3.01. The van der Waals surface area contributed by atoms with Gasteiger partial charge in [-0.1, -0.05) is 0 Å². The van der Waals surface area contributed by atoms with Gasteiger partial charge in [0.05, 0.1) is 18.1 Å². The maximum absolute atomic E-state index is 13.9. The number of hydrogen-bond donors (Lipinski definition) is 1. The number of nitrogens with zero attached hydrogens (tertiary/aromatic N) is 2. The van der Waals surface area contributed by atoms with Crippen molar-refractivity contribution in [1.29, 1.82) is 0 Å². The highest BCUT2D eigenvalue weighted by atomic mass is 19.3. The summed E-state index contributed by atoms with van der Waals surface area (Å²) in [6.07, 6.45) is 0. The second-order valence-electron chi connectivity index (χ2n) is 6.16. The number of carbonyl (C=O) groups is 1. The van der Waals surface area contributed by atoms with Crippen molar-refractivity contribution in [1.82, 2.24) is 14.9 Å². The Labute approximate surface area is 163 Å². The number of benzene rings is 2. The smallest absolute Gasteiger partial charge is 0.387 e. The molecule has 1 heterocycles. The molecule has 154 valence electrons. The van der Waals surface area contributed by atoms with Crippen LogP contribution in [0.3, 0.4) is 0 Å². The second-order valence-corrected chi connectivity index (χ2v) is 6.16. The number of aromatic nitrogens is 2. The number of imidazole rings is 1. The lowest BCUT2D eigenvalue weighted by atomic mass is 10.1. The molecule has 0 bridgehead atoms. The van der Waals surface area contributed by atoms with E-state index in [1.807, 2.05) is 18.5 Å². The number of hydrogen-bond acceptors (Lipinski definition) is 4. The number of alkyl halides is 2. The SMILES string of the molecule is COc1ccc2nc(C)n(C)c2c1CNC(=O)c1cc(F)c(OC(F)F)c(F)c1. The van der Waals surface area contributed by atoms with Gasteiger partial charge in [-0.25, -0.2) is 13.8 Å².